The van der Waals surface area contributed by atoms with Crippen LogP contribution in [-0.2, 0) is 5.41 Å². The first-order chi connectivity index (χ1) is 21.6. The minimum atomic E-state index is -0.137. The van der Waals surface area contributed by atoms with Gasteiger partial charge in [0.2, 0.25) is 6.71 Å². The molecule has 0 nitrogen and oxygen atoms in total. The third kappa shape index (κ3) is 3.53. The minimum absolute atomic E-state index is 0.137. The zero-order valence-corrected chi connectivity index (χ0v) is 25.0. The van der Waals surface area contributed by atoms with Crippen LogP contribution in [0.5, 0.6) is 0 Å². The van der Waals surface area contributed by atoms with Crippen LogP contribution < -0.4 is 16.4 Å². The smallest absolute Gasteiger partial charge is 0.0686 e. The molecule has 9 rings (SSSR count). The van der Waals surface area contributed by atoms with E-state index < -0.39 is 0 Å². The van der Waals surface area contributed by atoms with Crippen LogP contribution in [0.15, 0.2) is 152 Å². The maximum atomic E-state index is 2.51. The van der Waals surface area contributed by atoms with Gasteiger partial charge in [-0.1, -0.05) is 182 Å². The van der Waals surface area contributed by atoms with E-state index in [4.69, 9.17) is 0 Å². The van der Waals surface area contributed by atoms with Crippen molar-refractivity contribution in [3.8, 4) is 22.3 Å². The Morgan fingerprint density at radius 2 is 1.07 bits per heavy atom. The first kappa shape index (κ1) is 25.4. The van der Waals surface area contributed by atoms with E-state index in [1.807, 2.05) is 0 Å². The van der Waals surface area contributed by atoms with Gasteiger partial charge in [0.25, 0.3) is 0 Å². The fourth-order valence-electron chi connectivity index (χ4n) is 8.27. The summed E-state index contributed by atoms with van der Waals surface area (Å²) in [6.45, 7) is 5.04. The summed E-state index contributed by atoms with van der Waals surface area (Å²) >= 11 is 0. The van der Waals surface area contributed by atoms with Crippen LogP contribution in [-0.4, -0.2) is 6.71 Å². The van der Waals surface area contributed by atoms with Crippen molar-refractivity contribution in [1.29, 1.82) is 0 Å². The Labute approximate surface area is 259 Å². The highest BCUT2D eigenvalue weighted by Crippen LogP contribution is 2.45. The van der Waals surface area contributed by atoms with Crippen molar-refractivity contribution in [3.05, 3.63) is 163 Å². The van der Waals surface area contributed by atoms with Gasteiger partial charge >= 0.3 is 0 Å². The third-order valence-corrected chi connectivity index (χ3v) is 10.1. The molecule has 0 saturated carbocycles. The molecule has 0 amide bonds. The van der Waals surface area contributed by atoms with Crippen molar-refractivity contribution < 1.29 is 0 Å². The molecule has 0 aromatic heterocycles. The molecule has 0 aliphatic carbocycles. The third-order valence-electron chi connectivity index (χ3n) is 10.1. The van der Waals surface area contributed by atoms with Crippen LogP contribution in [0.3, 0.4) is 0 Å². The van der Waals surface area contributed by atoms with Gasteiger partial charge in [-0.05, 0) is 65.7 Å². The molecule has 0 saturated heterocycles. The van der Waals surface area contributed by atoms with Crippen molar-refractivity contribution in [1.82, 2.24) is 0 Å². The zero-order valence-electron chi connectivity index (χ0n) is 25.0. The quantitative estimate of drug-likeness (QED) is 0.150. The molecule has 0 spiro atoms. The maximum absolute atomic E-state index is 2.51. The molecule has 1 aliphatic rings. The first-order valence-corrected chi connectivity index (χ1v) is 15.7. The van der Waals surface area contributed by atoms with Crippen LogP contribution in [0.4, 0.5) is 0 Å². The lowest BCUT2D eigenvalue weighted by Crippen LogP contribution is -2.60. The zero-order chi connectivity index (χ0) is 29.4. The molecule has 1 heteroatoms. The van der Waals surface area contributed by atoms with E-state index in [0.29, 0.717) is 0 Å². The van der Waals surface area contributed by atoms with E-state index in [2.05, 4.69) is 166 Å². The molecular weight excluding hydrogens is 527 g/mol. The topological polar surface area (TPSA) is 0 Å². The van der Waals surface area contributed by atoms with Crippen LogP contribution in [0.2, 0.25) is 0 Å². The Morgan fingerprint density at radius 3 is 1.89 bits per heavy atom. The van der Waals surface area contributed by atoms with E-state index in [9.17, 15) is 0 Å². The average Bonchev–Trinajstić information content (AvgIpc) is 3.08. The Balaban J connectivity index is 1.37. The molecular formula is C43H31B. The molecule has 0 bridgehead atoms. The molecule has 0 fully saturated rings. The van der Waals surface area contributed by atoms with Crippen LogP contribution in [0, 0.1) is 0 Å². The lowest BCUT2D eigenvalue weighted by Gasteiger charge is -2.40. The first-order valence-electron chi connectivity index (χ1n) is 15.7. The van der Waals surface area contributed by atoms with E-state index >= 15 is 0 Å². The van der Waals surface area contributed by atoms with E-state index in [1.165, 1.54) is 82.1 Å². The van der Waals surface area contributed by atoms with Crippen LogP contribution in [0.25, 0.3) is 54.6 Å². The summed E-state index contributed by atoms with van der Waals surface area (Å²) in [5, 5.41) is 8.07. The highest BCUT2D eigenvalue weighted by Gasteiger charge is 2.41. The van der Waals surface area contributed by atoms with Crippen molar-refractivity contribution in [2.45, 2.75) is 19.3 Å². The lowest BCUT2D eigenvalue weighted by atomic mass is 9.31. The molecule has 0 atom stereocenters. The minimum Gasteiger partial charge on any atom is -0.0686 e. The second kappa shape index (κ2) is 9.43. The highest BCUT2D eigenvalue weighted by molar-refractivity contribution is 6.96. The second-order valence-electron chi connectivity index (χ2n) is 12.8. The summed E-state index contributed by atoms with van der Waals surface area (Å²) in [6, 6.07) is 56.4. The normalized spacial score (nSPS) is 13.8. The number of fused-ring (bicyclic) bond motifs is 3. The Kier molecular flexibility index (Phi) is 5.44. The van der Waals surface area contributed by atoms with Gasteiger partial charge in [0.15, 0.2) is 0 Å². The van der Waals surface area contributed by atoms with Gasteiger partial charge in [0, 0.05) is 5.41 Å². The van der Waals surface area contributed by atoms with Gasteiger partial charge < -0.3 is 0 Å². The molecule has 1 aliphatic heterocycles. The molecule has 8 aromatic rings. The van der Waals surface area contributed by atoms with E-state index in [0.717, 1.165) is 0 Å². The van der Waals surface area contributed by atoms with Crippen molar-refractivity contribution in [3.63, 3.8) is 0 Å². The largest absolute Gasteiger partial charge is 0.242 e. The summed E-state index contributed by atoms with van der Waals surface area (Å²) in [5.41, 5.74) is 12.0. The predicted molar refractivity (Wildman–Crippen MR) is 191 cm³/mol. The summed E-state index contributed by atoms with van der Waals surface area (Å²) in [7, 11) is 0. The van der Waals surface area contributed by atoms with Crippen molar-refractivity contribution >= 4 is 55.4 Å². The number of rotatable bonds is 3. The standard InChI is InChI=1S/C43H31B/c1-43(2)37-19-11-12-20-38(37)44(31-15-7-4-8-16-31)39-27-30-23-25-35-34(24-21-29-22-26-36(42(39)43)41(30)40(29)35)33-18-10-9-17-32(33)28-13-5-3-6-14-28/h3-27H,1-2H3. The molecule has 0 unspecified atom stereocenters. The fourth-order valence-corrected chi connectivity index (χ4v) is 8.27. The van der Waals surface area contributed by atoms with Gasteiger partial charge in [0.1, 0.15) is 0 Å². The monoisotopic (exact) mass is 558 g/mol. The lowest BCUT2D eigenvalue weighted by molar-refractivity contribution is 0.652. The number of hydrogen-bond acceptors (Lipinski definition) is 0. The Bertz CT molecular complexity index is 2350. The Hall–Kier alpha value is -5.14. The number of benzene rings is 8. The van der Waals surface area contributed by atoms with Crippen LogP contribution in [0.1, 0.15) is 25.0 Å². The maximum Gasteiger partial charge on any atom is 0.242 e. The summed E-state index contributed by atoms with van der Waals surface area (Å²) in [4.78, 5) is 0. The summed E-state index contributed by atoms with van der Waals surface area (Å²) in [6.07, 6.45) is 0. The average molecular weight is 559 g/mol. The van der Waals surface area contributed by atoms with Gasteiger partial charge in [-0.25, -0.2) is 0 Å². The SMILES string of the molecule is CC1(C)c2ccccc2B(c2ccccc2)c2cc3ccc4c(-c5ccccc5-c5ccccc5)ccc5ccc(c21)c3c54. The van der Waals surface area contributed by atoms with Gasteiger partial charge in [-0.15, -0.1) is 0 Å². The molecule has 8 aromatic carbocycles. The molecule has 206 valence electrons. The molecule has 0 radical (unpaired) electrons. The summed E-state index contributed by atoms with van der Waals surface area (Å²) < 4.78 is 0. The highest BCUT2D eigenvalue weighted by atomic mass is 14.4. The van der Waals surface area contributed by atoms with Crippen molar-refractivity contribution in [2.24, 2.45) is 0 Å². The summed E-state index contributed by atoms with van der Waals surface area (Å²) in [5.74, 6) is 0. The van der Waals surface area contributed by atoms with Crippen molar-refractivity contribution in [2.75, 3.05) is 0 Å². The van der Waals surface area contributed by atoms with Gasteiger partial charge in [-0.2, -0.15) is 0 Å². The van der Waals surface area contributed by atoms with Crippen LogP contribution >= 0.6 is 0 Å². The molecule has 1 heterocycles. The fraction of sp³-hybridized carbons (Fsp3) is 0.0698. The van der Waals surface area contributed by atoms with Gasteiger partial charge in [-0.3, -0.25) is 0 Å². The number of hydrogen-bond donors (Lipinski definition) is 0. The second-order valence-corrected chi connectivity index (χ2v) is 12.8. The molecule has 0 N–H and O–H groups in total. The Morgan fingerprint density at radius 1 is 0.455 bits per heavy atom. The predicted octanol–water partition coefficient (Wildman–Crippen LogP) is 9.07. The van der Waals surface area contributed by atoms with E-state index in [-0.39, 0.29) is 12.1 Å². The molecule has 44 heavy (non-hydrogen) atoms. The van der Waals surface area contributed by atoms with Gasteiger partial charge in [0.05, 0.1) is 0 Å². The van der Waals surface area contributed by atoms with E-state index in [1.54, 1.807) is 0 Å².